The van der Waals surface area contributed by atoms with E-state index in [4.69, 9.17) is 5.11 Å². The van der Waals surface area contributed by atoms with Crippen LogP contribution in [0.1, 0.15) is 20.3 Å². The standard InChI is InChI=1S/C12H19N5OS/c1-3-4-13-12-15-10-9(5-14-17-10)11(16-12)19-7-8(2)6-18/h5,8,18H,3-4,6-7H2,1-2H3,(H2,13,14,15,16,17). The lowest BCUT2D eigenvalue weighted by atomic mass is 10.2. The minimum absolute atomic E-state index is 0.188. The molecule has 0 aliphatic carbocycles. The van der Waals surface area contributed by atoms with Crippen molar-refractivity contribution in [3.05, 3.63) is 6.20 Å². The van der Waals surface area contributed by atoms with Gasteiger partial charge in [-0.2, -0.15) is 10.1 Å². The Morgan fingerprint density at radius 3 is 3.05 bits per heavy atom. The normalized spacial score (nSPS) is 12.8. The molecule has 1 atom stereocenters. The number of rotatable bonds is 7. The molecule has 19 heavy (non-hydrogen) atoms. The van der Waals surface area contributed by atoms with E-state index >= 15 is 0 Å². The van der Waals surface area contributed by atoms with Gasteiger partial charge in [0.2, 0.25) is 5.95 Å². The quantitative estimate of drug-likeness (QED) is 0.531. The molecular weight excluding hydrogens is 262 g/mol. The highest BCUT2D eigenvalue weighted by Crippen LogP contribution is 2.26. The van der Waals surface area contributed by atoms with Crippen LogP contribution >= 0.6 is 11.8 Å². The first kappa shape index (κ1) is 14.1. The maximum absolute atomic E-state index is 9.08. The van der Waals surface area contributed by atoms with E-state index in [9.17, 15) is 0 Å². The number of aromatic nitrogens is 4. The Hall–Kier alpha value is -1.34. The minimum Gasteiger partial charge on any atom is -0.396 e. The van der Waals surface area contributed by atoms with E-state index in [1.165, 1.54) is 0 Å². The minimum atomic E-state index is 0.188. The third kappa shape index (κ3) is 3.57. The summed E-state index contributed by atoms with van der Waals surface area (Å²) < 4.78 is 0. The molecule has 0 aliphatic rings. The van der Waals surface area contributed by atoms with Gasteiger partial charge in [0, 0.05) is 18.9 Å². The number of thioether (sulfide) groups is 1. The summed E-state index contributed by atoms with van der Waals surface area (Å²) >= 11 is 1.62. The van der Waals surface area contributed by atoms with Crippen molar-refractivity contribution >= 4 is 28.7 Å². The maximum Gasteiger partial charge on any atom is 0.225 e. The average Bonchev–Trinajstić information content (AvgIpc) is 2.90. The first-order chi connectivity index (χ1) is 9.24. The number of aromatic amines is 1. The van der Waals surface area contributed by atoms with Crippen molar-refractivity contribution in [1.29, 1.82) is 0 Å². The van der Waals surface area contributed by atoms with Crippen molar-refractivity contribution in [3.63, 3.8) is 0 Å². The molecule has 0 bridgehead atoms. The molecule has 0 fully saturated rings. The zero-order chi connectivity index (χ0) is 13.7. The van der Waals surface area contributed by atoms with Gasteiger partial charge in [0.05, 0.1) is 11.6 Å². The van der Waals surface area contributed by atoms with E-state index < -0.39 is 0 Å². The van der Waals surface area contributed by atoms with Crippen LogP contribution in [0.3, 0.4) is 0 Å². The van der Waals surface area contributed by atoms with Crippen molar-refractivity contribution in [2.75, 3.05) is 24.2 Å². The Balaban J connectivity index is 2.21. The molecule has 2 aromatic rings. The van der Waals surface area contributed by atoms with Crippen LogP contribution in [-0.2, 0) is 0 Å². The van der Waals surface area contributed by atoms with Crippen molar-refractivity contribution in [3.8, 4) is 0 Å². The topological polar surface area (TPSA) is 86.7 Å². The lowest BCUT2D eigenvalue weighted by molar-refractivity contribution is 0.250. The van der Waals surface area contributed by atoms with E-state index in [1.54, 1.807) is 18.0 Å². The molecule has 0 aromatic carbocycles. The summed E-state index contributed by atoms with van der Waals surface area (Å²) in [5.74, 6) is 1.69. The summed E-state index contributed by atoms with van der Waals surface area (Å²) in [6, 6.07) is 0. The third-order valence-electron chi connectivity index (χ3n) is 2.62. The van der Waals surface area contributed by atoms with Crippen molar-refractivity contribution < 1.29 is 5.11 Å². The molecule has 104 valence electrons. The number of fused-ring (bicyclic) bond motifs is 1. The van der Waals surface area contributed by atoms with Crippen LogP contribution < -0.4 is 5.32 Å². The van der Waals surface area contributed by atoms with Gasteiger partial charge in [-0.1, -0.05) is 13.8 Å². The van der Waals surface area contributed by atoms with E-state index in [-0.39, 0.29) is 12.5 Å². The zero-order valence-corrected chi connectivity index (χ0v) is 12.0. The van der Waals surface area contributed by atoms with Gasteiger partial charge in [0.1, 0.15) is 5.03 Å². The summed E-state index contributed by atoms with van der Waals surface area (Å²) in [4.78, 5) is 8.89. The Labute approximate surface area is 116 Å². The summed E-state index contributed by atoms with van der Waals surface area (Å²) in [5.41, 5.74) is 0.743. The number of nitrogens with zero attached hydrogens (tertiary/aromatic N) is 3. The fraction of sp³-hybridized carbons (Fsp3) is 0.583. The first-order valence-corrected chi connectivity index (χ1v) is 7.41. The van der Waals surface area contributed by atoms with Gasteiger partial charge in [-0.15, -0.1) is 11.8 Å². The van der Waals surface area contributed by atoms with Gasteiger partial charge in [0.25, 0.3) is 0 Å². The van der Waals surface area contributed by atoms with Gasteiger partial charge in [-0.05, 0) is 12.3 Å². The summed E-state index contributed by atoms with van der Waals surface area (Å²) in [6.45, 7) is 5.14. The van der Waals surface area contributed by atoms with Crippen LogP contribution in [-0.4, -0.2) is 44.2 Å². The maximum atomic E-state index is 9.08. The lowest BCUT2D eigenvalue weighted by Crippen LogP contribution is -2.06. The van der Waals surface area contributed by atoms with Gasteiger partial charge in [-0.3, -0.25) is 5.10 Å². The predicted molar refractivity (Wildman–Crippen MR) is 77.4 cm³/mol. The fourth-order valence-corrected chi connectivity index (χ4v) is 2.51. The van der Waals surface area contributed by atoms with E-state index in [1.807, 2.05) is 6.92 Å². The number of hydrogen-bond donors (Lipinski definition) is 3. The monoisotopic (exact) mass is 281 g/mol. The molecule has 0 amide bonds. The number of aliphatic hydroxyl groups excluding tert-OH is 1. The van der Waals surface area contributed by atoms with Crippen LogP contribution in [0.5, 0.6) is 0 Å². The average molecular weight is 281 g/mol. The SMILES string of the molecule is CCCNc1nc(SCC(C)CO)c2cn[nH]c2n1. The fourth-order valence-electron chi connectivity index (χ4n) is 1.51. The molecule has 0 saturated carbocycles. The zero-order valence-electron chi connectivity index (χ0n) is 11.2. The van der Waals surface area contributed by atoms with Crippen LogP contribution in [0.2, 0.25) is 0 Å². The van der Waals surface area contributed by atoms with Crippen LogP contribution in [0.25, 0.3) is 11.0 Å². The summed E-state index contributed by atoms with van der Waals surface area (Å²) in [7, 11) is 0. The lowest BCUT2D eigenvalue weighted by Gasteiger charge is -2.09. The van der Waals surface area contributed by atoms with E-state index in [0.717, 1.165) is 34.8 Å². The smallest absolute Gasteiger partial charge is 0.225 e. The molecule has 2 heterocycles. The summed E-state index contributed by atoms with van der Waals surface area (Å²) in [6.07, 6.45) is 2.76. The second-order valence-electron chi connectivity index (χ2n) is 4.51. The Morgan fingerprint density at radius 2 is 2.32 bits per heavy atom. The highest BCUT2D eigenvalue weighted by atomic mass is 32.2. The molecule has 0 spiro atoms. The summed E-state index contributed by atoms with van der Waals surface area (Å²) in [5, 5.41) is 21.0. The number of aliphatic hydroxyl groups is 1. The molecule has 7 heteroatoms. The van der Waals surface area contributed by atoms with Crippen molar-refractivity contribution in [2.45, 2.75) is 25.3 Å². The van der Waals surface area contributed by atoms with Crippen LogP contribution in [0.4, 0.5) is 5.95 Å². The Morgan fingerprint density at radius 1 is 1.47 bits per heavy atom. The van der Waals surface area contributed by atoms with Crippen LogP contribution in [0, 0.1) is 5.92 Å². The third-order valence-corrected chi connectivity index (χ3v) is 3.94. The molecule has 6 nitrogen and oxygen atoms in total. The molecular formula is C12H19N5OS. The Bertz CT molecular complexity index is 530. The largest absolute Gasteiger partial charge is 0.396 e. The highest BCUT2D eigenvalue weighted by molar-refractivity contribution is 7.99. The van der Waals surface area contributed by atoms with Crippen LogP contribution in [0.15, 0.2) is 11.2 Å². The van der Waals surface area contributed by atoms with Gasteiger partial charge in [0.15, 0.2) is 5.65 Å². The number of nitrogens with one attached hydrogen (secondary N) is 2. The number of hydrogen-bond acceptors (Lipinski definition) is 6. The molecule has 2 aromatic heterocycles. The molecule has 0 aliphatic heterocycles. The van der Waals surface area contributed by atoms with E-state index in [2.05, 4.69) is 32.4 Å². The second kappa shape index (κ2) is 6.72. The molecule has 2 rings (SSSR count). The molecule has 0 radical (unpaired) electrons. The van der Waals surface area contributed by atoms with Crippen molar-refractivity contribution in [1.82, 2.24) is 20.2 Å². The Kier molecular flexibility index (Phi) is 4.98. The van der Waals surface area contributed by atoms with Crippen molar-refractivity contribution in [2.24, 2.45) is 5.92 Å². The number of H-pyrrole nitrogens is 1. The predicted octanol–water partition coefficient (Wildman–Crippen LogP) is 1.90. The van der Waals surface area contributed by atoms with E-state index in [0.29, 0.717) is 5.95 Å². The molecule has 0 saturated heterocycles. The molecule has 3 N–H and O–H groups in total. The second-order valence-corrected chi connectivity index (χ2v) is 5.52. The highest BCUT2D eigenvalue weighted by Gasteiger charge is 2.11. The molecule has 1 unspecified atom stereocenters. The van der Waals surface area contributed by atoms with Gasteiger partial charge < -0.3 is 10.4 Å². The van der Waals surface area contributed by atoms with Gasteiger partial charge >= 0.3 is 0 Å². The van der Waals surface area contributed by atoms with Gasteiger partial charge in [-0.25, -0.2) is 4.98 Å². The first-order valence-electron chi connectivity index (χ1n) is 6.43. The number of anilines is 1.